The van der Waals surface area contributed by atoms with Crippen molar-refractivity contribution in [2.45, 2.75) is 59.2 Å². The minimum atomic E-state index is -9.21. The zero-order valence-corrected chi connectivity index (χ0v) is 14.8. The van der Waals surface area contributed by atoms with Crippen LogP contribution in [0.5, 0.6) is 0 Å². The molecule has 0 amide bonds. The molecule has 2 aliphatic rings. The second kappa shape index (κ2) is 6.36. The van der Waals surface area contributed by atoms with Gasteiger partial charge in [-0.1, -0.05) is 0 Å². The van der Waals surface area contributed by atoms with E-state index in [0.717, 1.165) is 0 Å². The van der Waals surface area contributed by atoms with E-state index >= 15 is 0 Å². The predicted octanol–water partition coefficient (Wildman–Crippen LogP) is 7.50. The van der Waals surface area contributed by atoms with E-state index in [1.54, 1.807) is 0 Å². The fourth-order valence-electron chi connectivity index (χ4n) is 3.51. The molecule has 2 aliphatic carbocycles. The zero-order valence-electron chi connectivity index (χ0n) is 14.8. The van der Waals surface area contributed by atoms with E-state index in [1.807, 2.05) is 0 Å². The van der Waals surface area contributed by atoms with Crippen LogP contribution >= 0.6 is 0 Å². The molecule has 2 unspecified atom stereocenters. The first-order valence-corrected chi connectivity index (χ1v) is 7.66. The maximum atomic E-state index is 14.2. The molecule has 0 radical (unpaired) electrons. The van der Waals surface area contributed by atoms with Crippen LogP contribution in [0.1, 0.15) is 0 Å². The molecule has 0 aromatic carbocycles. The molecule has 0 spiro atoms. The van der Waals surface area contributed by atoms with Gasteiger partial charge in [-0.3, -0.25) is 0 Å². The first-order chi connectivity index (χ1) is 14.8. The standard InChI is InChI=1S/C13F22/c14-1-2(15)4(16)5(17,18)3(1,6(19,20)8(4,23)24)7(21,22)9(25,26)10(27,28)11(29,30)12(31,32)13(33,34)35. The summed E-state index contributed by atoms with van der Waals surface area (Å²) >= 11 is 0. The van der Waals surface area contributed by atoms with Crippen molar-refractivity contribution in [3.05, 3.63) is 11.7 Å². The molecule has 1 saturated carbocycles. The van der Waals surface area contributed by atoms with E-state index in [4.69, 9.17) is 0 Å². The molecule has 1 fully saturated rings. The fraction of sp³-hybridized carbons (Fsp3) is 0.846. The first-order valence-electron chi connectivity index (χ1n) is 7.66. The smallest absolute Gasteiger partial charge is 0.222 e. The lowest BCUT2D eigenvalue weighted by Crippen LogP contribution is -2.76. The van der Waals surface area contributed by atoms with Crippen molar-refractivity contribution in [3.63, 3.8) is 0 Å². The molecule has 0 heterocycles. The van der Waals surface area contributed by atoms with Crippen molar-refractivity contribution in [3.8, 4) is 0 Å². The summed E-state index contributed by atoms with van der Waals surface area (Å²) < 4.78 is 295. The number of fused-ring (bicyclic) bond motifs is 2. The zero-order chi connectivity index (χ0) is 28.7. The Hall–Kier alpha value is -1.80. The van der Waals surface area contributed by atoms with Crippen molar-refractivity contribution in [2.24, 2.45) is 5.41 Å². The molecule has 0 N–H and O–H groups in total. The van der Waals surface area contributed by atoms with Gasteiger partial charge >= 0.3 is 53.6 Å². The lowest BCUT2D eigenvalue weighted by Gasteiger charge is -2.47. The van der Waals surface area contributed by atoms with Crippen LogP contribution in [-0.4, -0.2) is 59.2 Å². The second-order valence-corrected chi connectivity index (χ2v) is 7.13. The molecular weight excluding hydrogens is 574 g/mol. The van der Waals surface area contributed by atoms with E-state index < -0.39 is 76.3 Å². The molecule has 2 rings (SSSR count). The Morgan fingerprint density at radius 1 is 0.400 bits per heavy atom. The normalized spacial score (nSPS) is 31.4. The summed E-state index contributed by atoms with van der Waals surface area (Å²) in [4.78, 5) is 0. The van der Waals surface area contributed by atoms with Gasteiger partial charge in [0.1, 0.15) is 0 Å². The molecule has 0 aromatic heterocycles. The molecule has 0 aliphatic heterocycles. The van der Waals surface area contributed by atoms with Crippen LogP contribution in [0.3, 0.4) is 0 Å². The third kappa shape index (κ3) is 2.29. The lowest BCUT2D eigenvalue weighted by molar-refractivity contribution is -0.458. The third-order valence-electron chi connectivity index (χ3n) is 5.43. The molecule has 206 valence electrons. The number of hydrogen-bond donors (Lipinski definition) is 0. The average molecular weight is 574 g/mol. The quantitative estimate of drug-likeness (QED) is 0.299. The second-order valence-electron chi connectivity index (χ2n) is 7.13. The van der Waals surface area contributed by atoms with Gasteiger partial charge in [0, 0.05) is 0 Å². The Morgan fingerprint density at radius 3 is 1.09 bits per heavy atom. The molecule has 0 aromatic rings. The number of hydrogen-bond acceptors (Lipinski definition) is 0. The van der Waals surface area contributed by atoms with Gasteiger partial charge in [-0.25, -0.2) is 22.0 Å². The topological polar surface area (TPSA) is 0 Å². The molecular formula is C13F22. The van der Waals surface area contributed by atoms with Gasteiger partial charge in [0.25, 0.3) is 5.67 Å². The van der Waals surface area contributed by atoms with Gasteiger partial charge in [-0.05, 0) is 0 Å². The minimum Gasteiger partial charge on any atom is -0.222 e. The highest BCUT2D eigenvalue weighted by Gasteiger charge is 3.11. The third-order valence-corrected chi connectivity index (χ3v) is 5.43. The van der Waals surface area contributed by atoms with Gasteiger partial charge < -0.3 is 0 Å². The van der Waals surface area contributed by atoms with Crippen LogP contribution in [0.4, 0.5) is 96.6 Å². The Morgan fingerprint density at radius 2 is 0.743 bits per heavy atom. The fourth-order valence-corrected chi connectivity index (χ4v) is 3.51. The first kappa shape index (κ1) is 29.4. The molecule has 35 heavy (non-hydrogen) atoms. The Bertz CT molecular complexity index is 949. The Balaban J connectivity index is 3.01. The summed E-state index contributed by atoms with van der Waals surface area (Å²) in [5.74, 6) is -78.5. The highest BCUT2D eigenvalue weighted by molar-refractivity contribution is 5.53. The number of allylic oxidation sites excluding steroid dienone is 2. The van der Waals surface area contributed by atoms with Crippen molar-refractivity contribution in [1.82, 2.24) is 0 Å². The number of halogens is 22. The van der Waals surface area contributed by atoms with Crippen LogP contribution in [-0.2, 0) is 0 Å². The van der Waals surface area contributed by atoms with Crippen LogP contribution in [0.2, 0.25) is 0 Å². The predicted molar refractivity (Wildman–Crippen MR) is 61.1 cm³/mol. The van der Waals surface area contributed by atoms with Crippen LogP contribution < -0.4 is 0 Å². The van der Waals surface area contributed by atoms with Gasteiger partial charge in [0.15, 0.2) is 11.7 Å². The van der Waals surface area contributed by atoms with E-state index in [1.165, 1.54) is 0 Å². The SMILES string of the molecule is FC1=C(F)C2(C(F)(F)C(F)(F)C(F)(F)C(F)(F)C(F)(F)C(F)(F)F)C(F)(F)C(F)(F)C1(F)C2(F)F. The lowest BCUT2D eigenvalue weighted by atomic mass is 9.70. The largest absolute Gasteiger partial charge is 0.460 e. The average Bonchev–Trinajstić information content (AvgIpc) is 2.80. The molecule has 22 heteroatoms. The summed E-state index contributed by atoms with van der Waals surface area (Å²) in [6.07, 6.45) is -8.05. The summed E-state index contributed by atoms with van der Waals surface area (Å²) in [6, 6.07) is 0. The maximum Gasteiger partial charge on any atom is 0.460 e. The van der Waals surface area contributed by atoms with Crippen molar-refractivity contribution in [2.75, 3.05) is 0 Å². The summed E-state index contributed by atoms with van der Waals surface area (Å²) in [5, 5.41) is 0. The van der Waals surface area contributed by atoms with Crippen molar-refractivity contribution < 1.29 is 96.6 Å². The van der Waals surface area contributed by atoms with Crippen LogP contribution in [0.25, 0.3) is 0 Å². The van der Waals surface area contributed by atoms with E-state index in [-0.39, 0.29) is 0 Å². The minimum absolute atomic E-state index is 4.73. The van der Waals surface area contributed by atoms with Gasteiger partial charge in [-0.15, -0.1) is 0 Å². The highest BCUT2D eigenvalue weighted by atomic mass is 19.4. The van der Waals surface area contributed by atoms with Crippen LogP contribution in [0, 0.1) is 5.41 Å². The van der Waals surface area contributed by atoms with E-state index in [0.29, 0.717) is 0 Å². The monoisotopic (exact) mass is 574 g/mol. The van der Waals surface area contributed by atoms with E-state index in [9.17, 15) is 96.6 Å². The van der Waals surface area contributed by atoms with Crippen molar-refractivity contribution in [1.29, 1.82) is 0 Å². The molecule has 2 atom stereocenters. The summed E-state index contributed by atoms with van der Waals surface area (Å²) in [6.45, 7) is 0. The Labute approximate surface area is 174 Å². The van der Waals surface area contributed by atoms with Crippen molar-refractivity contribution >= 4 is 0 Å². The summed E-state index contributed by atoms with van der Waals surface area (Å²) in [7, 11) is 0. The van der Waals surface area contributed by atoms with Gasteiger partial charge in [0.05, 0.1) is 0 Å². The molecule has 2 bridgehead atoms. The van der Waals surface area contributed by atoms with Gasteiger partial charge in [0.2, 0.25) is 5.41 Å². The molecule has 0 nitrogen and oxygen atoms in total. The maximum absolute atomic E-state index is 14.2. The van der Waals surface area contributed by atoms with E-state index in [2.05, 4.69) is 0 Å². The Kier molecular flexibility index (Phi) is 5.35. The van der Waals surface area contributed by atoms with Crippen LogP contribution in [0.15, 0.2) is 11.7 Å². The van der Waals surface area contributed by atoms with Gasteiger partial charge in [-0.2, -0.15) is 74.6 Å². The number of alkyl halides is 20. The summed E-state index contributed by atoms with van der Waals surface area (Å²) in [5.41, 5.74) is -15.6. The highest BCUT2D eigenvalue weighted by Crippen LogP contribution is 2.85. The number of rotatable bonds is 5. The molecule has 0 saturated heterocycles.